The molecule has 2 aromatic heterocycles. The average molecular weight is 628 g/mol. The molecule has 3 N–H and O–H groups in total. The second-order valence-corrected chi connectivity index (χ2v) is 10.1. The monoisotopic (exact) mass is 627 g/mol. The molecule has 0 saturated heterocycles. The van der Waals surface area contributed by atoms with Gasteiger partial charge in [-0.05, 0) is 38.0 Å². The molecule has 1 unspecified atom stereocenters. The molecule has 0 aliphatic carbocycles. The molecule has 0 saturated carbocycles. The highest BCUT2D eigenvalue weighted by molar-refractivity contribution is 5.88. The molecule has 4 heterocycles. The Morgan fingerprint density at radius 1 is 1.18 bits per heavy atom. The zero-order chi connectivity index (χ0) is 33.3. The van der Waals surface area contributed by atoms with Crippen molar-refractivity contribution < 1.29 is 33.4 Å². The summed E-state index contributed by atoms with van der Waals surface area (Å²) < 4.78 is 23.9. The lowest BCUT2D eigenvalue weighted by molar-refractivity contribution is -0.157. The topological polar surface area (TPSA) is 152 Å². The SMILES string of the molecule is CC.CC.CC(C)N(CCc1c2c(nc3ccccc13)-c1cc3c(c(=O)n1C2)COC(=O)C3O)C(=O)COCNC(=O)CNF. The fraction of sp³-hybridized carbons (Fsp3) is 0.469. The molecule has 2 aliphatic rings. The number of nitrogens with zero attached hydrogens (tertiary/aromatic N) is 3. The minimum atomic E-state index is -1.54. The van der Waals surface area contributed by atoms with Crippen LogP contribution in [0, 0.1) is 0 Å². The number of esters is 1. The summed E-state index contributed by atoms with van der Waals surface area (Å²) >= 11 is 0. The first-order valence-electron chi connectivity index (χ1n) is 15.2. The van der Waals surface area contributed by atoms with Crippen LogP contribution in [0.3, 0.4) is 0 Å². The van der Waals surface area contributed by atoms with Gasteiger partial charge in [0, 0.05) is 29.1 Å². The summed E-state index contributed by atoms with van der Waals surface area (Å²) in [4.78, 5) is 56.2. The van der Waals surface area contributed by atoms with Crippen molar-refractivity contribution in [2.75, 3.05) is 26.4 Å². The first-order chi connectivity index (χ1) is 21.7. The third-order valence-electron chi connectivity index (χ3n) is 7.35. The molecule has 0 bridgehead atoms. The van der Waals surface area contributed by atoms with Crippen molar-refractivity contribution in [2.45, 2.75) is 73.3 Å². The predicted octanol–water partition coefficient (Wildman–Crippen LogP) is 2.91. The number of halogens is 1. The highest BCUT2D eigenvalue weighted by atomic mass is 19.2. The minimum absolute atomic E-state index is 0.150. The van der Waals surface area contributed by atoms with E-state index in [1.807, 2.05) is 65.8 Å². The van der Waals surface area contributed by atoms with Crippen molar-refractivity contribution >= 4 is 28.7 Å². The minimum Gasteiger partial charge on any atom is -0.458 e. The maximum Gasteiger partial charge on any atom is 0.340 e. The van der Waals surface area contributed by atoms with Crippen LogP contribution in [0.25, 0.3) is 22.3 Å². The Balaban J connectivity index is 0.00000133. The van der Waals surface area contributed by atoms with Crippen molar-refractivity contribution in [2.24, 2.45) is 0 Å². The Labute approximate surface area is 261 Å². The quantitative estimate of drug-likeness (QED) is 0.104. The molecule has 5 rings (SSSR count). The zero-order valence-corrected chi connectivity index (χ0v) is 26.6. The fourth-order valence-corrected chi connectivity index (χ4v) is 5.32. The van der Waals surface area contributed by atoms with Gasteiger partial charge >= 0.3 is 5.97 Å². The van der Waals surface area contributed by atoms with Crippen molar-refractivity contribution in [3.05, 3.63) is 62.9 Å². The maximum absolute atomic E-state index is 13.4. The maximum atomic E-state index is 13.4. The predicted molar refractivity (Wildman–Crippen MR) is 167 cm³/mol. The number of carbonyl (C=O) groups excluding carboxylic acids is 3. The lowest BCUT2D eigenvalue weighted by Crippen LogP contribution is -2.41. The number of rotatable bonds is 10. The van der Waals surface area contributed by atoms with E-state index >= 15 is 0 Å². The molecule has 0 radical (unpaired) electrons. The molecular formula is C32H42FN5O7. The van der Waals surface area contributed by atoms with Crippen molar-refractivity contribution in [3.8, 4) is 11.4 Å². The van der Waals surface area contributed by atoms with Crippen molar-refractivity contribution in [1.82, 2.24) is 25.3 Å². The van der Waals surface area contributed by atoms with E-state index in [0.717, 1.165) is 16.5 Å². The van der Waals surface area contributed by atoms with Crippen LogP contribution in [0.4, 0.5) is 4.48 Å². The van der Waals surface area contributed by atoms with Gasteiger partial charge in [-0.2, -0.15) is 0 Å². The van der Waals surface area contributed by atoms with E-state index in [9.17, 15) is 28.8 Å². The summed E-state index contributed by atoms with van der Waals surface area (Å²) in [5.74, 6) is -1.68. The number of carbonyl (C=O) groups is 3. The van der Waals surface area contributed by atoms with E-state index in [-0.39, 0.29) is 55.1 Å². The molecule has 1 aromatic carbocycles. The highest BCUT2D eigenvalue weighted by Gasteiger charge is 2.34. The van der Waals surface area contributed by atoms with Crippen LogP contribution in [0.15, 0.2) is 35.1 Å². The Kier molecular flexibility index (Phi) is 12.7. The first kappa shape index (κ1) is 35.3. The highest BCUT2D eigenvalue weighted by Crippen LogP contribution is 2.38. The van der Waals surface area contributed by atoms with Gasteiger partial charge in [0.2, 0.25) is 11.8 Å². The van der Waals surface area contributed by atoms with E-state index < -0.39 is 24.5 Å². The average Bonchev–Trinajstić information content (AvgIpc) is 3.41. The summed E-state index contributed by atoms with van der Waals surface area (Å²) in [6.45, 7) is 11.2. The van der Waals surface area contributed by atoms with E-state index in [4.69, 9.17) is 14.5 Å². The number of ether oxygens (including phenoxy) is 2. The summed E-state index contributed by atoms with van der Waals surface area (Å²) in [7, 11) is 0. The fourth-order valence-electron chi connectivity index (χ4n) is 5.32. The van der Waals surface area contributed by atoms with Gasteiger partial charge in [-0.1, -0.05) is 45.9 Å². The molecule has 1 atom stereocenters. The lowest BCUT2D eigenvalue weighted by Gasteiger charge is -2.27. The lowest BCUT2D eigenvalue weighted by atomic mass is 9.96. The van der Waals surface area contributed by atoms with Crippen LogP contribution in [-0.4, -0.2) is 69.8 Å². The van der Waals surface area contributed by atoms with Gasteiger partial charge in [0.25, 0.3) is 5.56 Å². The molecule has 244 valence electrons. The number of aliphatic hydroxyl groups is 1. The van der Waals surface area contributed by atoms with Crippen molar-refractivity contribution in [3.63, 3.8) is 0 Å². The third kappa shape index (κ3) is 7.55. The largest absolute Gasteiger partial charge is 0.458 e. The molecule has 12 nitrogen and oxygen atoms in total. The van der Waals surface area contributed by atoms with E-state index in [2.05, 4.69) is 5.32 Å². The van der Waals surface area contributed by atoms with Crippen LogP contribution in [-0.2, 0) is 43.4 Å². The zero-order valence-electron chi connectivity index (χ0n) is 26.6. The molecule has 0 spiro atoms. The van der Waals surface area contributed by atoms with Crippen LogP contribution in [0.2, 0.25) is 0 Å². The summed E-state index contributed by atoms with van der Waals surface area (Å²) in [5, 5.41) is 13.6. The molecule has 2 amide bonds. The van der Waals surface area contributed by atoms with Crippen LogP contribution >= 0.6 is 0 Å². The van der Waals surface area contributed by atoms with E-state index in [1.165, 1.54) is 5.54 Å². The van der Waals surface area contributed by atoms with Crippen molar-refractivity contribution in [1.29, 1.82) is 0 Å². The van der Waals surface area contributed by atoms with E-state index in [1.54, 1.807) is 15.5 Å². The number of hydrogen-bond acceptors (Lipinski definition) is 9. The number of benzene rings is 1. The molecule has 3 aromatic rings. The molecule has 2 aliphatic heterocycles. The first-order valence-corrected chi connectivity index (χ1v) is 15.2. The number of pyridine rings is 2. The Morgan fingerprint density at radius 3 is 2.58 bits per heavy atom. The third-order valence-corrected chi connectivity index (χ3v) is 7.35. The normalized spacial score (nSPS) is 14.2. The number of aliphatic hydroxyl groups excluding tert-OH is 1. The van der Waals surface area contributed by atoms with Gasteiger partial charge in [-0.25, -0.2) is 9.78 Å². The standard InChI is InChI=1S/C28H30FN5O7.2C2H6/c1-15(2)33(24(36)13-40-14-30-23(35)10-31-29)8-7-16-17-5-3-4-6-21(17)32-25-19(16)11-34-22(25)9-18-20(27(34)38)12-41-28(39)26(18)37;2*1-2/h3-6,9,15,26,31,37H,7-8,10-14H2,1-2H3,(H,30,35);2*1-2H3. The number of fused-ring (bicyclic) bond motifs is 5. The van der Waals surface area contributed by atoms with Gasteiger partial charge < -0.3 is 29.4 Å². The number of hydrogen-bond donors (Lipinski definition) is 3. The summed E-state index contributed by atoms with van der Waals surface area (Å²) in [6.07, 6.45) is -1.08. The Bertz CT molecular complexity index is 1590. The smallest absolute Gasteiger partial charge is 0.340 e. The summed E-state index contributed by atoms with van der Waals surface area (Å²) in [5.41, 5.74) is 4.96. The van der Waals surface area contributed by atoms with Gasteiger partial charge in [0.1, 0.15) is 26.5 Å². The van der Waals surface area contributed by atoms with Crippen LogP contribution in [0.1, 0.15) is 69.9 Å². The molecular weight excluding hydrogens is 585 g/mol. The number of aromatic nitrogens is 2. The molecule has 45 heavy (non-hydrogen) atoms. The van der Waals surface area contributed by atoms with Gasteiger partial charge in [-0.15, -0.1) is 10.0 Å². The number of cyclic esters (lactones) is 1. The number of amides is 2. The second kappa shape index (κ2) is 16.2. The van der Waals surface area contributed by atoms with Gasteiger partial charge in [-0.3, -0.25) is 14.4 Å². The summed E-state index contributed by atoms with van der Waals surface area (Å²) in [6, 6.07) is 9.08. The number of nitrogens with one attached hydrogen (secondary N) is 2. The van der Waals surface area contributed by atoms with Crippen LogP contribution < -0.4 is 16.4 Å². The number of para-hydroxylation sites is 1. The van der Waals surface area contributed by atoms with E-state index in [0.29, 0.717) is 29.9 Å². The second-order valence-electron chi connectivity index (χ2n) is 10.1. The van der Waals surface area contributed by atoms with Crippen LogP contribution in [0.5, 0.6) is 0 Å². The van der Waals surface area contributed by atoms with Gasteiger partial charge in [0.05, 0.1) is 29.0 Å². The molecule has 0 fully saturated rings. The Morgan fingerprint density at radius 2 is 1.89 bits per heavy atom. The molecule has 13 heteroatoms. The van der Waals surface area contributed by atoms with Gasteiger partial charge in [0.15, 0.2) is 6.10 Å². The Hall–Kier alpha value is -4.20.